The lowest BCUT2D eigenvalue weighted by atomic mass is 10.1. The summed E-state index contributed by atoms with van der Waals surface area (Å²) in [6, 6.07) is 19.7. The smallest absolute Gasteiger partial charge is 0.243 e. The first-order chi connectivity index (χ1) is 13.9. The highest BCUT2D eigenvalue weighted by atomic mass is 32.2. The first-order valence-corrected chi connectivity index (χ1v) is 10.8. The predicted octanol–water partition coefficient (Wildman–Crippen LogP) is 3.14. The molecule has 0 fully saturated rings. The largest absolute Gasteiger partial charge is 0.468 e. The van der Waals surface area contributed by atoms with E-state index in [2.05, 4.69) is 5.32 Å². The fraction of sp³-hybridized carbons (Fsp3) is 0.227. The van der Waals surface area contributed by atoms with Crippen LogP contribution in [0.25, 0.3) is 0 Å². The van der Waals surface area contributed by atoms with Gasteiger partial charge in [0, 0.05) is 6.54 Å². The summed E-state index contributed by atoms with van der Waals surface area (Å²) >= 11 is 0. The molecule has 0 saturated carbocycles. The van der Waals surface area contributed by atoms with Crippen LogP contribution in [-0.4, -0.2) is 31.7 Å². The molecule has 0 aliphatic carbocycles. The number of furan rings is 1. The predicted molar refractivity (Wildman–Crippen MR) is 111 cm³/mol. The van der Waals surface area contributed by atoms with Crippen LogP contribution in [0.4, 0.5) is 0 Å². The minimum Gasteiger partial charge on any atom is -0.468 e. The van der Waals surface area contributed by atoms with Crippen molar-refractivity contribution in [1.82, 2.24) is 9.62 Å². The summed E-state index contributed by atoms with van der Waals surface area (Å²) in [5.74, 6) is 0.112. The normalized spacial score (nSPS) is 11.5. The molecule has 29 heavy (non-hydrogen) atoms. The second kappa shape index (κ2) is 9.54. The zero-order valence-corrected chi connectivity index (χ0v) is 17.1. The number of amides is 1. The van der Waals surface area contributed by atoms with Gasteiger partial charge in [0.15, 0.2) is 0 Å². The van der Waals surface area contributed by atoms with Gasteiger partial charge in [0.2, 0.25) is 15.9 Å². The van der Waals surface area contributed by atoms with Crippen molar-refractivity contribution in [3.05, 3.63) is 89.9 Å². The number of benzene rings is 2. The second-order valence-corrected chi connectivity index (χ2v) is 8.69. The summed E-state index contributed by atoms with van der Waals surface area (Å²) in [5.41, 5.74) is 2.06. The van der Waals surface area contributed by atoms with Crippen LogP contribution >= 0.6 is 0 Å². The summed E-state index contributed by atoms with van der Waals surface area (Å²) in [5, 5.41) is 2.80. The number of hydrogen-bond donors (Lipinski definition) is 1. The third kappa shape index (κ3) is 5.79. The SMILES string of the molecule is Cc1ccc(S(=O)(=O)N(CC(=O)NCCc2ccccc2)Cc2ccco2)cc1. The molecule has 0 radical (unpaired) electrons. The zero-order valence-electron chi connectivity index (χ0n) is 16.2. The molecule has 0 atom stereocenters. The molecule has 152 valence electrons. The van der Waals surface area contributed by atoms with E-state index in [1.807, 2.05) is 37.3 Å². The lowest BCUT2D eigenvalue weighted by Gasteiger charge is -2.21. The van der Waals surface area contributed by atoms with E-state index in [-0.39, 0.29) is 23.9 Å². The molecule has 0 unspecified atom stereocenters. The average molecular weight is 413 g/mol. The van der Waals surface area contributed by atoms with Crippen molar-refractivity contribution in [3.63, 3.8) is 0 Å². The Morgan fingerprint density at radius 1 is 1.00 bits per heavy atom. The molecule has 0 aliphatic rings. The first kappa shape index (κ1) is 20.8. The van der Waals surface area contributed by atoms with E-state index in [1.54, 1.807) is 36.4 Å². The second-order valence-electron chi connectivity index (χ2n) is 6.75. The van der Waals surface area contributed by atoms with E-state index in [4.69, 9.17) is 4.42 Å². The Morgan fingerprint density at radius 3 is 2.38 bits per heavy atom. The fourth-order valence-electron chi connectivity index (χ4n) is 2.87. The summed E-state index contributed by atoms with van der Waals surface area (Å²) < 4.78 is 32.6. The third-order valence-electron chi connectivity index (χ3n) is 4.47. The number of aryl methyl sites for hydroxylation is 1. The number of carbonyl (C=O) groups excluding carboxylic acids is 1. The summed E-state index contributed by atoms with van der Waals surface area (Å²) in [7, 11) is -3.85. The molecule has 1 amide bonds. The Labute approximate surface area is 171 Å². The highest BCUT2D eigenvalue weighted by Crippen LogP contribution is 2.19. The molecule has 1 heterocycles. The van der Waals surface area contributed by atoms with Gasteiger partial charge in [-0.25, -0.2) is 8.42 Å². The van der Waals surface area contributed by atoms with Crippen molar-refractivity contribution in [2.24, 2.45) is 0 Å². The molecular formula is C22H24N2O4S. The van der Waals surface area contributed by atoms with Crippen LogP contribution in [0.15, 0.2) is 82.3 Å². The topological polar surface area (TPSA) is 79.6 Å². The molecule has 3 rings (SSSR count). The molecule has 6 nitrogen and oxygen atoms in total. The van der Waals surface area contributed by atoms with Crippen LogP contribution < -0.4 is 5.32 Å². The van der Waals surface area contributed by atoms with Gasteiger partial charge in [-0.05, 0) is 43.2 Å². The number of carbonyl (C=O) groups is 1. The number of sulfonamides is 1. The molecule has 0 spiro atoms. The molecule has 1 aromatic heterocycles. The minimum atomic E-state index is -3.85. The van der Waals surface area contributed by atoms with Crippen LogP contribution in [0.3, 0.4) is 0 Å². The van der Waals surface area contributed by atoms with Crippen molar-refractivity contribution in [3.8, 4) is 0 Å². The van der Waals surface area contributed by atoms with E-state index in [9.17, 15) is 13.2 Å². The van der Waals surface area contributed by atoms with Crippen LogP contribution in [0.5, 0.6) is 0 Å². The van der Waals surface area contributed by atoms with Gasteiger partial charge in [-0.3, -0.25) is 4.79 Å². The van der Waals surface area contributed by atoms with Gasteiger partial charge >= 0.3 is 0 Å². The maximum Gasteiger partial charge on any atom is 0.243 e. The van der Waals surface area contributed by atoms with Gasteiger partial charge in [-0.1, -0.05) is 48.0 Å². The van der Waals surface area contributed by atoms with Crippen LogP contribution in [0, 0.1) is 6.92 Å². The van der Waals surface area contributed by atoms with Crippen molar-refractivity contribution >= 4 is 15.9 Å². The highest BCUT2D eigenvalue weighted by Gasteiger charge is 2.27. The monoisotopic (exact) mass is 412 g/mol. The van der Waals surface area contributed by atoms with Crippen molar-refractivity contribution in [2.45, 2.75) is 24.8 Å². The van der Waals surface area contributed by atoms with Gasteiger partial charge in [0.05, 0.1) is 24.2 Å². The summed E-state index contributed by atoms with van der Waals surface area (Å²) in [6.45, 7) is 2.01. The highest BCUT2D eigenvalue weighted by molar-refractivity contribution is 7.89. The maximum absolute atomic E-state index is 13.1. The van der Waals surface area contributed by atoms with E-state index >= 15 is 0 Å². The Balaban J connectivity index is 1.69. The van der Waals surface area contributed by atoms with E-state index in [1.165, 1.54) is 6.26 Å². The summed E-state index contributed by atoms with van der Waals surface area (Å²) in [4.78, 5) is 12.6. The lowest BCUT2D eigenvalue weighted by Crippen LogP contribution is -2.40. The number of nitrogens with zero attached hydrogens (tertiary/aromatic N) is 1. The molecule has 3 aromatic rings. The van der Waals surface area contributed by atoms with Crippen LogP contribution in [0.1, 0.15) is 16.9 Å². The standard InChI is InChI=1S/C22H24N2O4S/c1-18-9-11-21(12-10-18)29(26,27)24(16-20-8-5-15-28-20)17-22(25)23-14-13-19-6-3-2-4-7-19/h2-12,15H,13-14,16-17H2,1H3,(H,23,25). The Bertz CT molecular complexity index is 1010. The van der Waals surface area contributed by atoms with Gasteiger partial charge in [0.1, 0.15) is 5.76 Å². The van der Waals surface area contributed by atoms with E-state index in [0.717, 1.165) is 15.4 Å². The molecular weight excluding hydrogens is 388 g/mol. The molecule has 0 saturated heterocycles. The van der Waals surface area contributed by atoms with Crippen LogP contribution in [0.2, 0.25) is 0 Å². The number of nitrogens with one attached hydrogen (secondary N) is 1. The Hall–Kier alpha value is -2.90. The minimum absolute atomic E-state index is 0.0185. The average Bonchev–Trinajstić information content (AvgIpc) is 3.22. The summed E-state index contributed by atoms with van der Waals surface area (Å²) in [6.07, 6.45) is 2.15. The fourth-order valence-corrected chi connectivity index (χ4v) is 4.23. The van der Waals surface area contributed by atoms with Crippen LogP contribution in [-0.2, 0) is 27.8 Å². The number of hydrogen-bond acceptors (Lipinski definition) is 4. The molecule has 0 aliphatic heterocycles. The van der Waals surface area contributed by atoms with E-state index < -0.39 is 10.0 Å². The van der Waals surface area contributed by atoms with Crippen molar-refractivity contribution in [2.75, 3.05) is 13.1 Å². The van der Waals surface area contributed by atoms with Crippen molar-refractivity contribution < 1.29 is 17.6 Å². The maximum atomic E-state index is 13.1. The van der Waals surface area contributed by atoms with E-state index in [0.29, 0.717) is 18.7 Å². The van der Waals surface area contributed by atoms with Crippen molar-refractivity contribution in [1.29, 1.82) is 0 Å². The van der Waals surface area contributed by atoms with Gasteiger partial charge in [-0.15, -0.1) is 0 Å². The zero-order chi connectivity index (χ0) is 20.7. The Morgan fingerprint density at radius 2 is 1.72 bits per heavy atom. The number of rotatable bonds is 9. The third-order valence-corrected chi connectivity index (χ3v) is 6.28. The lowest BCUT2D eigenvalue weighted by molar-refractivity contribution is -0.121. The molecule has 7 heteroatoms. The van der Waals surface area contributed by atoms with Gasteiger partial charge in [-0.2, -0.15) is 4.31 Å². The molecule has 1 N–H and O–H groups in total. The molecule has 2 aromatic carbocycles. The van der Waals surface area contributed by atoms with Gasteiger partial charge < -0.3 is 9.73 Å². The molecule has 0 bridgehead atoms. The Kier molecular flexibility index (Phi) is 6.85. The quantitative estimate of drug-likeness (QED) is 0.586. The van der Waals surface area contributed by atoms with Gasteiger partial charge in [0.25, 0.3) is 0 Å². The first-order valence-electron chi connectivity index (χ1n) is 9.35.